The second-order valence-electron chi connectivity index (χ2n) is 5.55. The van der Waals surface area contributed by atoms with Crippen molar-refractivity contribution in [1.29, 1.82) is 0 Å². The first kappa shape index (κ1) is 18.4. The van der Waals surface area contributed by atoms with E-state index in [4.69, 9.17) is 9.42 Å². The predicted molar refractivity (Wildman–Crippen MR) is 88.7 cm³/mol. The normalized spacial score (nSPS) is 14.0. The highest BCUT2D eigenvalue weighted by atomic mass is 31.1. The molecule has 0 bridgehead atoms. The largest absolute Gasteiger partial charge is 0.326 e. The second-order valence-corrected chi connectivity index (χ2v) is 6.31. The van der Waals surface area contributed by atoms with Crippen LogP contribution in [0.1, 0.15) is 76.4 Å². The SMILES string of the molecule is CCCCCCCCCCC(O[PH](=O)O)c1ccccc1. The molecule has 2 atom stereocenters. The highest BCUT2D eigenvalue weighted by Crippen LogP contribution is 2.32. The highest BCUT2D eigenvalue weighted by molar-refractivity contribution is 7.32. The van der Waals surface area contributed by atoms with Crippen LogP contribution in [-0.2, 0) is 9.09 Å². The molecule has 0 aliphatic heterocycles. The van der Waals surface area contributed by atoms with Crippen molar-refractivity contribution in [3.05, 3.63) is 35.9 Å². The lowest BCUT2D eigenvalue weighted by atomic mass is 10.0. The number of hydrogen-bond donors (Lipinski definition) is 1. The Morgan fingerprint density at radius 1 is 1.00 bits per heavy atom. The monoisotopic (exact) mass is 312 g/mol. The summed E-state index contributed by atoms with van der Waals surface area (Å²) in [6.45, 7) is 2.23. The molecule has 0 fully saturated rings. The third kappa shape index (κ3) is 9.08. The van der Waals surface area contributed by atoms with E-state index in [-0.39, 0.29) is 6.10 Å². The molecule has 1 N–H and O–H groups in total. The minimum atomic E-state index is -2.89. The maximum absolute atomic E-state index is 11.0. The van der Waals surface area contributed by atoms with Crippen LogP contribution >= 0.6 is 8.25 Å². The van der Waals surface area contributed by atoms with E-state index in [9.17, 15) is 4.57 Å². The molecule has 4 heteroatoms. The summed E-state index contributed by atoms with van der Waals surface area (Å²) < 4.78 is 16.2. The summed E-state index contributed by atoms with van der Waals surface area (Å²) >= 11 is 0. The van der Waals surface area contributed by atoms with Crippen molar-refractivity contribution in [3.8, 4) is 0 Å². The minimum absolute atomic E-state index is 0.248. The van der Waals surface area contributed by atoms with E-state index in [0.29, 0.717) is 0 Å². The van der Waals surface area contributed by atoms with E-state index in [0.717, 1.165) is 18.4 Å². The van der Waals surface area contributed by atoms with Gasteiger partial charge >= 0.3 is 8.25 Å². The minimum Gasteiger partial charge on any atom is -0.326 e. The van der Waals surface area contributed by atoms with Crippen molar-refractivity contribution in [2.24, 2.45) is 0 Å². The van der Waals surface area contributed by atoms with Crippen LogP contribution in [0.25, 0.3) is 0 Å². The predicted octanol–water partition coefficient (Wildman–Crippen LogP) is 5.66. The van der Waals surface area contributed by atoms with Crippen LogP contribution in [0.3, 0.4) is 0 Å². The van der Waals surface area contributed by atoms with E-state index >= 15 is 0 Å². The molecule has 120 valence electrons. The maximum atomic E-state index is 11.0. The average molecular weight is 312 g/mol. The molecular weight excluding hydrogens is 283 g/mol. The topological polar surface area (TPSA) is 46.5 Å². The average Bonchev–Trinajstić information content (AvgIpc) is 2.49. The van der Waals surface area contributed by atoms with E-state index in [1.54, 1.807) is 0 Å². The molecule has 0 aliphatic rings. The van der Waals surface area contributed by atoms with Gasteiger partial charge in [-0.1, -0.05) is 88.6 Å². The van der Waals surface area contributed by atoms with Crippen molar-refractivity contribution in [1.82, 2.24) is 0 Å². The fourth-order valence-corrected chi connectivity index (χ4v) is 3.04. The molecule has 0 spiro atoms. The number of rotatable bonds is 12. The Bertz CT molecular complexity index is 381. The van der Waals surface area contributed by atoms with Crippen LogP contribution in [0.15, 0.2) is 30.3 Å². The van der Waals surface area contributed by atoms with Crippen LogP contribution in [-0.4, -0.2) is 4.89 Å². The molecule has 1 rings (SSSR count). The lowest BCUT2D eigenvalue weighted by Crippen LogP contribution is -2.00. The molecule has 2 unspecified atom stereocenters. The Labute approximate surface area is 129 Å². The quantitative estimate of drug-likeness (QED) is 0.400. The Morgan fingerprint density at radius 2 is 1.57 bits per heavy atom. The van der Waals surface area contributed by atoms with Crippen LogP contribution in [0.5, 0.6) is 0 Å². The third-order valence-electron chi connectivity index (χ3n) is 3.73. The molecule has 0 amide bonds. The van der Waals surface area contributed by atoms with Gasteiger partial charge in [-0.3, -0.25) is 4.57 Å². The Morgan fingerprint density at radius 3 is 2.14 bits per heavy atom. The van der Waals surface area contributed by atoms with Gasteiger partial charge in [-0.25, -0.2) is 0 Å². The first-order chi connectivity index (χ1) is 10.2. The first-order valence-electron chi connectivity index (χ1n) is 8.18. The standard InChI is InChI=1S/C17H29O3P/c1-2-3-4-5-6-7-8-12-15-17(20-21(18)19)16-13-10-9-11-14-16/h9-11,13-14,17,21H,2-8,12,15H2,1H3,(H,18,19). The molecule has 1 aromatic rings. The van der Waals surface area contributed by atoms with Crippen LogP contribution in [0.2, 0.25) is 0 Å². The van der Waals surface area contributed by atoms with Gasteiger partial charge in [0.1, 0.15) is 0 Å². The number of hydrogen-bond acceptors (Lipinski definition) is 2. The van der Waals surface area contributed by atoms with Gasteiger partial charge in [-0.15, -0.1) is 0 Å². The fourth-order valence-electron chi connectivity index (χ4n) is 2.55. The molecule has 1 aromatic carbocycles. The van der Waals surface area contributed by atoms with Crippen molar-refractivity contribution in [3.63, 3.8) is 0 Å². The zero-order chi connectivity index (χ0) is 15.3. The smallest absolute Gasteiger partial charge is 0.317 e. The van der Waals surface area contributed by atoms with Gasteiger partial charge < -0.3 is 9.42 Å². The van der Waals surface area contributed by atoms with Gasteiger partial charge in [-0.05, 0) is 12.0 Å². The first-order valence-corrected chi connectivity index (χ1v) is 9.45. The van der Waals surface area contributed by atoms with Crippen LogP contribution in [0.4, 0.5) is 0 Å². The van der Waals surface area contributed by atoms with E-state index in [1.807, 2.05) is 30.3 Å². The number of unbranched alkanes of at least 4 members (excludes halogenated alkanes) is 7. The van der Waals surface area contributed by atoms with Crippen molar-refractivity contribution >= 4 is 8.25 Å². The van der Waals surface area contributed by atoms with Crippen LogP contribution in [0, 0.1) is 0 Å². The van der Waals surface area contributed by atoms with Crippen molar-refractivity contribution in [2.75, 3.05) is 0 Å². The lowest BCUT2D eigenvalue weighted by molar-refractivity contribution is 0.178. The maximum Gasteiger partial charge on any atom is 0.317 e. The summed E-state index contributed by atoms with van der Waals surface area (Å²) in [4.78, 5) is 9.03. The van der Waals surface area contributed by atoms with E-state index in [1.165, 1.54) is 44.9 Å². The molecule has 0 radical (unpaired) electrons. The molecule has 21 heavy (non-hydrogen) atoms. The second kappa shape index (κ2) is 12.0. The summed E-state index contributed by atoms with van der Waals surface area (Å²) in [5, 5.41) is 0. The Kier molecular flexibility index (Phi) is 10.5. The molecule has 0 saturated heterocycles. The summed E-state index contributed by atoms with van der Waals surface area (Å²) in [7, 11) is -2.89. The summed E-state index contributed by atoms with van der Waals surface area (Å²) in [6, 6.07) is 9.74. The molecule has 3 nitrogen and oxygen atoms in total. The van der Waals surface area contributed by atoms with Crippen molar-refractivity contribution < 1.29 is 14.0 Å². The van der Waals surface area contributed by atoms with Gasteiger partial charge in [0.15, 0.2) is 0 Å². The molecular formula is C17H29O3P. The molecule has 0 aliphatic carbocycles. The van der Waals surface area contributed by atoms with Gasteiger partial charge in [0.25, 0.3) is 0 Å². The number of benzene rings is 1. The van der Waals surface area contributed by atoms with E-state index in [2.05, 4.69) is 6.92 Å². The zero-order valence-corrected chi connectivity index (χ0v) is 14.1. The lowest BCUT2D eigenvalue weighted by Gasteiger charge is -2.16. The summed E-state index contributed by atoms with van der Waals surface area (Å²) in [5.41, 5.74) is 0.993. The van der Waals surface area contributed by atoms with Crippen molar-refractivity contribution in [2.45, 2.75) is 70.8 Å². The molecule has 0 heterocycles. The summed E-state index contributed by atoms with van der Waals surface area (Å²) in [6.07, 6.45) is 10.6. The molecule has 0 aromatic heterocycles. The van der Waals surface area contributed by atoms with Gasteiger partial charge in [-0.2, -0.15) is 0 Å². The Hall–Kier alpha value is -0.630. The Balaban J connectivity index is 2.23. The third-order valence-corrected chi connectivity index (χ3v) is 4.22. The van der Waals surface area contributed by atoms with Gasteiger partial charge in [0, 0.05) is 0 Å². The van der Waals surface area contributed by atoms with Crippen LogP contribution < -0.4 is 0 Å². The summed E-state index contributed by atoms with van der Waals surface area (Å²) in [5.74, 6) is 0. The van der Waals surface area contributed by atoms with Gasteiger partial charge in [0.2, 0.25) is 0 Å². The highest BCUT2D eigenvalue weighted by Gasteiger charge is 2.13. The van der Waals surface area contributed by atoms with E-state index < -0.39 is 8.25 Å². The molecule has 0 saturated carbocycles. The van der Waals surface area contributed by atoms with Gasteiger partial charge in [0.05, 0.1) is 6.10 Å². The fraction of sp³-hybridized carbons (Fsp3) is 0.647. The zero-order valence-electron chi connectivity index (χ0n) is 13.1.